The molecule has 0 radical (unpaired) electrons. The third-order valence-corrected chi connectivity index (χ3v) is 2.76. The molecule has 2 heteroatoms. The molecule has 1 aromatic rings. The third kappa shape index (κ3) is 1.36. The van der Waals surface area contributed by atoms with Crippen molar-refractivity contribution in [1.82, 2.24) is 0 Å². The second kappa shape index (κ2) is 3.13. The van der Waals surface area contributed by atoms with Crippen molar-refractivity contribution < 1.29 is 4.74 Å². The minimum absolute atomic E-state index is 0.0324. The quantitative estimate of drug-likeness (QED) is 0.657. The van der Waals surface area contributed by atoms with Gasteiger partial charge < -0.3 is 10.5 Å². The molecule has 1 unspecified atom stereocenters. The summed E-state index contributed by atoms with van der Waals surface area (Å²) in [6.45, 7) is 4.84. The molecule has 70 valence electrons. The average Bonchev–Trinajstić information content (AvgIpc) is 2.12. The van der Waals surface area contributed by atoms with E-state index in [0.29, 0.717) is 6.61 Å². The fraction of sp³-hybridized carbons (Fsp3) is 0.455. The van der Waals surface area contributed by atoms with Crippen molar-refractivity contribution in [2.75, 3.05) is 0 Å². The van der Waals surface area contributed by atoms with E-state index in [1.54, 1.807) is 0 Å². The molecule has 2 rings (SSSR count). The summed E-state index contributed by atoms with van der Waals surface area (Å²) in [6.07, 6.45) is 0.133. The first-order valence-electron chi connectivity index (χ1n) is 4.65. The molecule has 0 spiro atoms. The monoisotopic (exact) mass is 177 g/mol. The van der Waals surface area contributed by atoms with Gasteiger partial charge in [-0.1, -0.05) is 18.2 Å². The molecule has 0 saturated heterocycles. The fourth-order valence-electron chi connectivity index (χ4n) is 1.90. The predicted molar refractivity (Wildman–Crippen MR) is 52.4 cm³/mol. The summed E-state index contributed by atoms with van der Waals surface area (Å²) in [5.74, 6) is 0. The topological polar surface area (TPSA) is 35.2 Å². The van der Waals surface area contributed by atoms with E-state index >= 15 is 0 Å². The maximum absolute atomic E-state index is 6.07. The molecule has 1 aliphatic rings. The van der Waals surface area contributed by atoms with Crippen LogP contribution in [0.2, 0.25) is 0 Å². The highest BCUT2D eigenvalue weighted by atomic mass is 16.5. The van der Waals surface area contributed by atoms with Crippen LogP contribution in [0.25, 0.3) is 0 Å². The van der Waals surface area contributed by atoms with Gasteiger partial charge in [-0.05, 0) is 30.5 Å². The lowest BCUT2D eigenvalue weighted by Gasteiger charge is -2.30. The van der Waals surface area contributed by atoms with Gasteiger partial charge in [0, 0.05) is 0 Å². The molecule has 2 atom stereocenters. The van der Waals surface area contributed by atoms with Crippen molar-refractivity contribution in [3.05, 3.63) is 34.9 Å². The number of nitrogens with two attached hydrogens (primary N) is 1. The first-order valence-corrected chi connectivity index (χ1v) is 4.65. The van der Waals surface area contributed by atoms with Crippen LogP contribution in [0, 0.1) is 6.92 Å². The van der Waals surface area contributed by atoms with Gasteiger partial charge in [0.05, 0.1) is 18.8 Å². The number of ether oxygens (including phenoxy) is 1. The molecule has 0 bridgehead atoms. The highest BCUT2D eigenvalue weighted by Crippen LogP contribution is 2.29. The maximum Gasteiger partial charge on any atom is 0.0744 e. The molecular formula is C11H15NO. The summed E-state index contributed by atoms with van der Waals surface area (Å²) in [6, 6.07) is 6.29. The van der Waals surface area contributed by atoms with Gasteiger partial charge in [-0.3, -0.25) is 0 Å². The number of fused-ring (bicyclic) bond motifs is 1. The summed E-state index contributed by atoms with van der Waals surface area (Å²) in [7, 11) is 0. The molecular weight excluding hydrogens is 162 g/mol. The van der Waals surface area contributed by atoms with Gasteiger partial charge in [0.2, 0.25) is 0 Å². The largest absolute Gasteiger partial charge is 0.372 e. The molecule has 1 aromatic carbocycles. The SMILES string of the molecule is Cc1cccc2c1[C@@H](N)C(C)OC2. The lowest BCUT2D eigenvalue weighted by molar-refractivity contribution is 0.0211. The van der Waals surface area contributed by atoms with E-state index < -0.39 is 0 Å². The molecule has 1 heterocycles. The summed E-state index contributed by atoms with van der Waals surface area (Å²) in [5.41, 5.74) is 9.86. The molecule has 13 heavy (non-hydrogen) atoms. The molecule has 0 fully saturated rings. The smallest absolute Gasteiger partial charge is 0.0744 e. The Hall–Kier alpha value is -0.860. The molecule has 0 saturated carbocycles. The second-order valence-corrected chi connectivity index (χ2v) is 3.69. The lowest BCUT2D eigenvalue weighted by Crippen LogP contribution is -2.32. The van der Waals surface area contributed by atoms with Gasteiger partial charge in [-0.25, -0.2) is 0 Å². The van der Waals surface area contributed by atoms with Crippen LogP contribution in [0.1, 0.15) is 29.7 Å². The Kier molecular flexibility index (Phi) is 2.10. The van der Waals surface area contributed by atoms with E-state index in [-0.39, 0.29) is 12.1 Å². The van der Waals surface area contributed by atoms with Gasteiger partial charge in [-0.2, -0.15) is 0 Å². The number of aryl methyl sites for hydroxylation is 1. The standard InChI is InChI=1S/C11H15NO/c1-7-4-3-5-9-6-13-8(2)11(12)10(7)9/h3-5,8,11H,6,12H2,1-2H3/t8?,11-/m0/s1. The zero-order valence-electron chi connectivity index (χ0n) is 8.08. The lowest BCUT2D eigenvalue weighted by atomic mass is 9.91. The van der Waals surface area contributed by atoms with Gasteiger partial charge in [0.1, 0.15) is 0 Å². The maximum atomic E-state index is 6.07. The number of hydrogen-bond donors (Lipinski definition) is 1. The summed E-state index contributed by atoms with van der Waals surface area (Å²) in [4.78, 5) is 0. The van der Waals surface area contributed by atoms with Crippen LogP contribution in [-0.2, 0) is 11.3 Å². The number of benzene rings is 1. The van der Waals surface area contributed by atoms with Gasteiger partial charge in [-0.15, -0.1) is 0 Å². The van der Waals surface area contributed by atoms with Crippen molar-refractivity contribution in [1.29, 1.82) is 0 Å². The van der Waals surface area contributed by atoms with Crippen LogP contribution < -0.4 is 5.73 Å². The minimum atomic E-state index is 0.0324. The molecule has 1 aliphatic heterocycles. The van der Waals surface area contributed by atoms with Crippen LogP contribution in [0.3, 0.4) is 0 Å². The Morgan fingerprint density at radius 3 is 3.00 bits per heavy atom. The van der Waals surface area contributed by atoms with E-state index in [2.05, 4.69) is 25.1 Å². The van der Waals surface area contributed by atoms with Crippen LogP contribution >= 0.6 is 0 Å². The second-order valence-electron chi connectivity index (χ2n) is 3.69. The molecule has 2 N–H and O–H groups in total. The minimum Gasteiger partial charge on any atom is -0.372 e. The normalized spacial score (nSPS) is 27.0. The van der Waals surface area contributed by atoms with Crippen molar-refractivity contribution in [3.63, 3.8) is 0 Å². The van der Waals surface area contributed by atoms with E-state index in [4.69, 9.17) is 10.5 Å². The van der Waals surface area contributed by atoms with Gasteiger partial charge in [0.25, 0.3) is 0 Å². The van der Waals surface area contributed by atoms with E-state index in [1.165, 1.54) is 16.7 Å². The van der Waals surface area contributed by atoms with Crippen molar-refractivity contribution in [2.45, 2.75) is 32.6 Å². The van der Waals surface area contributed by atoms with Crippen LogP contribution in [0.4, 0.5) is 0 Å². The predicted octanol–water partition coefficient (Wildman–Crippen LogP) is 1.91. The van der Waals surface area contributed by atoms with Crippen molar-refractivity contribution in [2.24, 2.45) is 5.73 Å². The Bertz CT molecular complexity index is 322. The first kappa shape index (κ1) is 8.73. The van der Waals surface area contributed by atoms with Crippen molar-refractivity contribution >= 4 is 0 Å². The Balaban J connectivity index is 2.51. The van der Waals surface area contributed by atoms with Crippen LogP contribution in [0.15, 0.2) is 18.2 Å². The molecule has 0 aliphatic carbocycles. The van der Waals surface area contributed by atoms with Crippen LogP contribution in [-0.4, -0.2) is 6.10 Å². The Labute approximate surface area is 78.7 Å². The summed E-state index contributed by atoms with van der Waals surface area (Å²) < 4.78 is 5.55. The zero-order valence-corrected chi connectivity index (χ0v) is 8.08. The van der Waals surface area contributed by atoms with Crippen LogP contribution in [0.5, 0.6) is 0 Å². The Morgan fingerprint density at radius 2 is 2.23 bits per heavy atom. The average molecular weight is 177 g/mol. The van der Waals surface area contributed by atoms with Gasteiger partial charge >= 0.3 is 0 Å². The number of hydrogen-bond acceptors (Lipinski definition) is 2. The first-order chi connectivity index (χ1) is 6.20. The van der Waals surface area contributed by atoms with E-state index in [9.17, 15) is 0 Å². The summed E-state index contributed by atoms with van der Waals surface area (Å²) >= 11 is 0. The van der Waals surface area contributed by atoms with Gasteiger partial charge in [0.15, 0.2) is 0 Å². The van der Waals surface area contributed by atoms with E-state index in [1.807, 2.05) is 6.92 Å². The Morgan fingerprint density at radius 1 is 1.46 bits per heavy atom. The molecule has 0 aromatic heterocycles. The molecule has 2 nitrogen and oxygen atoms in total. The third-order valence-electron chi connectivity index (χ3n) is 2.76. The summed E-state index contributed by atoms with van der Waals surface area (Å²) in [5, 5.41) is 0. The fourth-order valence-corrected chi connectivity index (χ4v) is 1.90. The highest BCUT2D eigenvalue weighted by molar-refractivity contribution is 5.38. The number of rotatable bonds is 0. The van der Waals surface area contributed by atoms with Crippen molar-refractivity contribution in [3.8, 4) is 0 Å². The van der Waals surface area contributed by atoms with E-state index in [0.717, 1.165) is 0 Å². The zero-order chi connectivity index (χ0) is 9.42. The molecule has 0 amide bonds. The highest BCUT2D eigenvalue weighted by Gasteiger charge is 2.24.